The summed E-state index contributed by atoms with van der Waals surface area (Å²) in [7, 11) is 0. The molecule has 4 heteroatoms. The van der Waals surface area contributed by atoms with Gasteiger partial charge in [0.1, 0.15) is 11.5 Å². The minimum absolute atomic E-state index is 0.168. The molecule has 0 aliphatic heterocycles. The van der Waals surface area contributed by atoms with Crippen molar-refractivity contribution in [3.05, 3.63) is 59.7 Å². The van der Waals surface area contributed by atoms with E-state index >= 15 is 0 Å². The van der Waals surface area contributed by atoms with E-state index < -0.39 is 0 Å². The summed E-state index contributed by atoms with van der Waals surface area (Å²) in [6.07, 6.45) is 10.3. The molecule has 2 aromatic carbocycles. The van der Waals surface area contributed by atoms with E-state index in [4.69, 9.17) is 14.2 Å². The van der Waals surface area contributed by atoms with E-state index in [9.17, 15) is 4.79 Å². The van der Waals surface area contributed by atoms with Crippen LogP contribution >= 0.6 is 0 Å². The van der Waals surface area contributed by atoms with Crippen molar-refractivity contribution in [2.45, 2.75) is 111 Å². The van der Waals surface area contributed by atoms with Crippen LogP contribution in [-0.2, 0) is 9.53 Å². The molecule has 0 bridgehead atoms. The van der Waals surface area contributed by atoms with Gasteiger partial charge in [0, 0.05) is 6.92 Å². The summed E-state index contributed by atoms with van der Waals surface area (Å²) in [6, 6.07) is 16.1. The number of carbonyl (C=O) groups excluding carboxylic acids is 1. The number of ether oxygens (including phenoxy) is 3. The van der Waals surface area contributed by atoms with E-state index in [1.54, 1.807) is 0 Å². The Hall–Kier alpha value is -2.33. The third-order valence-electron chi connectivity index (χ3n) is 7.29. The van der Waals surface area contributed by atoms with E-state index in [1.807, 2.05) is 31.2 Å². The molecule has 4 nitrogen and oxygen atoms in total. The average molecular weight is 497 g/mol. The van der Waals surface area contributed by atoms with Crippen LogP contribution in [0.5, 0.6) is 11.5 Å². The second-order valence-corrected chi connectivity index (χ2v) is 10.2. The molecule has 36 heavy (non-hydrogen) atoms. The van der Waals surface area contributed by atoms with Crippen LogP contribution in [0.15, 0.2) is 48.5 Å². The maximum Gasteiger partial charge on any atom is 0.308 e. The van der Waals surface area contributed by atoms with Crippen molar-refractivity contribution in [3.8, 4) is 11.5 Å². The molecule has 1 saturated carbocycles. The molecular formula is C32H48O4. The van der Waals surface area contributed by atoms with Crippen LogP contribution in [0.3, 0.4) is 0 Å². The topological polar surface area (TPSA) is 44.8 Å². The number of hydrogen-bond donors (Lipinski definition) is 0. The number of esters is 1. The monoisotopic (exact) mass is 496 g/mol. The Bertz CT molecular complexity index is 853. The highest BCUT2D eigenvalue weighted by Crippen LogP contribution is 2.27. The normalized spacial score (nSPS) is 16.3. The first-order valence-electron chi connectivity index (χ1n) is 14.0. The first-order valence-corrected chi connectivity index (χ1v) is 14.0. The lowest BCUT2D eigenvalue weighted by Gasteiger charge is -2.22. The molecule has 0 N–H and O–H groups in total. The van der Waals surface area contributed by atoms with Crippen LogP contribution in [0.1, 0.15) is 116 Å². The van der Waals surface area contributed by atoms with Gasteiger partial charge in [0.25, 0.3) is 0 Å². The Morgan fingerprint density at radius 2 is 1.31 bits per heavy atom. The fourth-order valence-corrected chi connectivity index (χ4v) is 4.48. The maximum atomic E-state index is 10.7. The largest absolute Gasteiger partial charge is 0.465 e. The molecule has 200 valence electrons. The summed E-state index contributed by atoms with van der Waals surface area (Å²) in [5, 5.41) is 0. The molecule has 0 spiro atoms. The van der Waals surface area contributed by atoms with Gasteiger partial charge in [-0.05, 0) is 79.3 Å². The van der Waals surface area contributed by atoms with Gasteiger partial charge in [0.05, 0.1) is 6.61 Å². The van der Waals surface area contributed by atoms with Gasteiger partial charge in [-0.25, -0.2) is 0 Å². The van der Waals surface area contributed by atoms with Crippen molar-refractivity contribution in [2.75, 3.05) is 6.61 Å². The summed E-state index contributed by atoms with van der Waals surface area (Å²) in [5.41, 5.74) is 2.66. The molecule has 0 aromatic heterocycles. The van der Waals surface area contributed by atoms with Gasteiger partial charge >= 0.3 is 5.97 Å². The van der Waals surface area contributed by atoms with E-state index in [-0.39, 0.29) is 12.3 Å². The number of rotatable bonds is 11. The van der Waals surface area contributed by atoms with Gasteiger partial charge in [0.2, 0.25) is 0 Å². The molecule has 3 atom stereocenters. The lowest BCUT2D eigenvalue weighted by atomic mass is 9.87. The first-order chi connectivity index (χ1) is 17.3. The summed E-state index contributed by atoms with van der Waals surface area (Å²) in [6.45, 7) is 13.0. The highest BCUT2D eigenvalue weighted by atomic mass is 16.7. The first kappa shape index (κ1) is 29.9. The van der Waals surface area contributed by atoms with Crippen LogP contribution in [0.25, 0.3) is 0 Å². The molecule has 3 unspecified atom stereocenters. The third-order valence-corrected chi connectivity index (χ3v) is 7.29. The Morgan fingerprint density at radius 3 is 1.78 bits per heavy atom. The Balaban J connectivity index is 0.000000281. The van der Waals surface area contributed by atoms with Crippen LogP contribution in [0.2, 0.25) is 0 Å². The van der Waals surface area contributed by atoms with Crippen LogP contribution in [0.4, 0.5) is 0 Å². The fourth-order valence-electron chi connectivity index (χ4n) is 4.48. The van der Waals surface area contributed by atoms with Gasteiger partial charge in [-0.1, -0.05) is 84.1 Å². The lowest BCUT2D eigenvalue weighted by Crippen LogP contribution is -2.19. The van der Waals surface area contributed by atoms with Gasteiger partial charge in [0.15, 0.2) is 6.29 Å². The summed E-state index contributed by atoms with van der Waals surface area (Å²) in [5.74, 6) is 3.28. The molecule has 3 rings (SSSR count). The lowest BCUT2D eigenvalue weighted by molar-refractivity contribution is -0.131. The summed E-state index contributed by atoms with van der Waals surface area (Å²) >= 11 is 0. The molecule has 1 aliphatic carbocycles. The quantitative estimate of drug-likeness (QED) is 0.177. The zero-order valence-corrected chi connectivity index (χ0v) is 23.4. The van der Waals surface area contributed by atoms with Crippen LogP contribution in [-0.4, -0.2) is 18.9 Å². The van der Waals surface area contributed by atoms with Gasteiger partial charge in [-0.2, -0.15) is 0 Å². The molecule has 0 heterocycles. The molecule has 1 fully saturated rings. The molecule has 0 radical (unpaired) electrons. The second-order valence-electron chi connectivity index (χ2n) is 10.2. The van der Waals surface area contributed by atoms with E-state index in [2.05, 4.69) is 52.0 Å². The van der Waals surface area contributed by atoms with Crippen molar-refractivity contribution in [1.29, 1.82) is 0 Å². The molecule has 0 saturated heterocycles. The Labute approximate surface area is 219 Å². The molecule has 2 aromatic rings. The Morgan fingerprint density at radius 1 is 0.806 bits per heavy atom. The van der Waals surface area contributed by atoms with Crippen molar-refractivity contribution < 1.29 is 19.0 Å². The van der Waals surface area contributed by atoms with Crippen molar-refractivity contribution >= 4 is 5.97 Å². The minimum atomic E-state index is -0.277. The van der Waals surface area contributed by atoms with Crippen molar-refractivity contribution in [3.63, 3.8) is 0 Å². The summed E-state index contributed by atoms with van der Waals surface area (Å²) < 4.78 is 16.6. The molecular weight excluding hydrogens is 448 g/mol. The molecule has 0 amide bonds. The summed E-state index contributed by atoms with van der Waals surface area (Å²) in [4.78, 5) is 10.7. The van der Waals surface area contributed by atoms with Crippen LogP contribution in [0, 0.1) is 5.92 Å². The fraction of sp³-hybridized carbons (Fsp3) is 0.594. The minimum Gasteiger partial charge on any atom is -0.465 e. The highest BCUT2D eigenvalue weighted by molar-refractivity contribution is 5.69. The highest BCUT2D eigenvalue weighted by Gasteiger charge is 2.14. The predicted molar refractivity (Wildman–Crippen MR) is 149 cm³/mol. The van der Waals surface area contributed by atoms with Gasteiger partial charge in [-0.3, -0.25) is 4.79 Å². The Kier molecular flexibility index (Phi) is 13.6. The van der Waals surface area contributed by atoms with Crippen molar-refractivity contribution in [1.82, 2.24) is 0 Å². The zero-order chi connectivity index (χ0) is 26.3. The predicted octanol–water partition coefficient (Wildman–Crippen LogP) is 9.04. The smallest absolute Gasteiger partial charge is 0.308 e. The average Bonchev–Trinajstić information content (AvgIpc) is 2.89. The number of hydrogen-bond acceptors (Lipinski definition) is 4. The number of benzene rings is 2. The van der Waals surface area contributed by atoms with Crippen molar-refractivity contribution in [2.24, 2.45) is 5.92 Å². The zero-order valence-electron chi connectivity index (χ0n) is 23.4. The standard InChI is InChI=1S/C20H32O2.C12H16O2/c1-4-16(2)19-10-12-20(13-11-19)22-17(3)21-15-14-18-8-6-5-7-9-18;1-4-9(2)11-5-7-12(8-6-11)14-10(3)13/h10-13,16-18H,4-9,14-15H2,1-3H3;5-9H,4H2,1-3H3. The van der Waals surface area contributed by atoms with E-state index in [0.29, 0.717) is 17.6 Å². The second kappa shape index (κ2) is 16.4. The van der Waals surface area contributed by atoms with Crippen LogP contribution < -0.4 is 9.47 Å². The van der Waals surface area contributed by atoms with E-state index in [0.717, 1.165) is 24.7 Å². The molecule has 1 aliphatic rings. The third kappa shape index (κ3) is 11.2. The van der Waals surface area contributed by atoms with E-state index in [1.165, 1.54) is 63.0 Å². The maximum absolute atomic E-state index is 10.7. The SMILES string of the molecule is CCC(C)c1ccc(OC(C)=O)cc1.CCC(C)c1ccc(OC(C)OCCC2CCCCC2)cc1. The van der Waals surface area contributed by atoms with Gasteiger partial charge in [-0.15, -0.1) is 0 Å². The van der Waals surface area contributed by atoms with Gasteiger partial charge < -0.3 is 14.2 Å². The number of carbonyl (C=O) groups is 1.